The number of aryl methyl sites for hydroxylation is 1. The van der Waals surface area contributed by atoms with Gasteiger partial charge in [-0.05, 0) is 24.5 Å². The third-order valence-electron chi connectivity index (χ3n) is 5.15. The molecule has 1 aliphatic carbocycles. The maximum atomic E-state index is 13.3. The maximum Gasteiger partial charge on any atom is 0.350 e. The highest BCUT2D eigenvalue weighted by atomic mass is 16.7. The molecule has 2 atom stereocenters. The third kappa shape index (κ3) is 1.86. The van der Waals surface area contributed by atoms with Crippen molar-refractivity contribution in [1.82, 2.24) is 0 Å². The van der Waals surface area contributed by atoms with Gasteiger partial charge in [0.25, 0.3) is 5.60 Å². The molecule has 26 heavy (non-hydrogen) atoms. The van der Waals surface area contributed by atoms with Gasteiger partial charge in [-0.15, -0.1) is 0 Å². The van der Waals surface area contributed by atoms with Crippen molar-refractivity contribution in [1.29, 1.82) is 0 Å². The second kappa shape index (κ2) is 5.61. The van der Waals surface area contributed by atoms with Gasteiger partial charge in [-0.2, -0.15) is 0 Å². The summed E-state index contributed by atoms with van der Waals surface area (Å²) in [5.41, 5.74) is -1.52. The SMILES string of the molecule is CCOC(=O)[C@]12O[C@]1(c1ccc(CC)cc1)C(=O)c1ccccc1C2=O. The van der Waals surface area contributed by atoms with Crippen molar-refractivity contribution in [3.8, 4) is 0 Å². The molecule has 0 spiro atoms. The van der Waals surface area contributed by atoms with E-state index in [4.69, 9.17) is 9.47 Å². The van der Waals surface area contributed by atoms with Crippen molar-refractivity contribution < 1.29 is 23.9 Å². The molecule has 132 valence electrons. The lowest BCUT2D eigenvalue weighted by molar-refractivity contribution is -0.147. The molecule has 0 radical (unpaired) electrons. The van der Waals surface area contributed by atoms with E-state index >= 15 is 0 Å². The highest BCUT2D eigenvalue weighted by Crippen LogP contribution is 2.62. The second-order valence-electron chi connectivity index (χ2n) is 6.44. The molecule has 5 nitrogen and oxygen atoms in total. The van der Waals surface area contributed by atoms with Gasteiger partial charge in [-0.3, -0.25) is 9.59 Å². The van der Waals surface area contributed by atoms with Gasteiger partial charge in [-0.1, -0.05) is 55.5 Å². The van der Waals surface area contributed by atoms with Crippen molar-refractivity contribution in [2.75, 3.05) is 6.61 Å². The Bertz CT molecular complexity index is 930. The molecule has 5 heteroatoms. The quantitative estimate of drug-likeness (QED) is 0.482. The molecule has 1 fully saturated rings. The fourth-order valence-corrected chi connectivity index (χ4v) is 3.75. The van der Waals surface area contributed by atoms with Crippen molar-refractivity contribution in [2.45, 2.75) is 31.5 Å². The number of ketones is 2. The Labute approximate surface area is 150 Å². The number of hydrogen-bond acceptors (Lipinski definition) is 5. The second-order valence-corrected chi connectivity index (χ2v) is 6.44. The van der Waals surface area contributed by atoms with Crippen LogP contribution in [0.3, 0.4) is 0 Å². The molecule has 2 aliphatic rings. The van der Waals surface area contributed by atoms with E-state index in [1.54, 1.807) is 43.3 Å². The average Bonchev–Trinajstić information content (AvgIpc) is 3.40. The summed E-state index contributed by atoms with van der Waals surface area (Å²) in [7, 11) is 0. The number of fused-ring (bicyclic) bond motifs is 2. The number of carbonyl (C=O) groups excluding carboxylic acids is 3. The number of hydrogen-bond donors (Lipinski definition) is 0. The van der Waals surface area contributed by atoms with Crippen molar-refractivity contribution in [2.24, 2.45) is 0 Å². The number of carbonyl (C=O) groups is 3. The van der Waals surface area contributed by atoms with Crippen molar-refractivity contribution in [3.63, 3.8) is 0 Å². The minimum Gasteiger partial charge on any atom is -0.463 e. The van der Waals surface area contributed by atoms with Gasteiger partial charge in [0.15, 0.2) is 0 Å². The first kappa shape index (κ1) is 16.7. The van der Waals surface area contributed by atoms with Crippen LogP contribution in [0.25, 0.3) is 0 Å². The first-order chi connectivity index (χ1) is 12.5. The molecule has 0 bridgehead atoms. The first-order valence-electron chi connectivity index (χ1n) is 8.68. The Balaban J connectivity index is 1.93. The minimum absolute atomic E-state index is 0.0952. The van der Waals surface area contributed by atoms with Crippen LogP contribution in [0.4, 0.5) is 0 Å². The summed E-state index contributed by atoms with van der Waals surface area (Å²) < 4.78 is 10.9. The van der Waals surface area contributed by atoms with Crippen LogP contribution in [0.15, 0.2) is 48.5 Å². The number of benzene rings is 2. The van der Waals surface area contributed by atoms with Gasteiger partial charge in [0.05, 0.1) is 6.61 Å². The van der Waals surface area contributed by atoms with E-state index in [1.807, 2.05) is 19.1 Å². The number of rotatable bonds is 4. The smallest absolute Gasteiger partial charge is 0.350 e. The van der Waals surface area contributed by atoms with E-state index < -0.39 is 23.0 Å². The molecule has 4 rings (SSSR count). The number of epoxide rings is 1. The van der Waals surface area contributed by atoms with Gasteiger partial charge >= 0.3 is 5.97 Å². The number of ether oxygens (including phenoxy) is 2. The predicted octanol–water partition coefficient (Wildman–Crippen LogP) is 2.86. The van der Waals surface area contributed by atoms with Crippen molar-refractivity contribution >= 4 is 17.5 Å². The summed E-state index contributed by atoms with van der Waals surface area (Å²) in [6.07, 6.45) is 0.840. The zero-order chi connectivity index (χ0) is 18.5. The monoisotopic (exact) mass is 350 g/mol. The van der Waals surface area contributed by atoms with E-state index in [2.05, 4.69) is 0 Å². The van der Waals surface area contributed by atoms with Crippen molar-refractivity contribution in [3.05, 3.63) is 70.8 Å². The summed E-state index contributed by atoms with van der Waals surface area (Å²) >= 11 is 0. The van der Waals surface area contributed by atoms with Crippen LogP contribution in [-0.2, 0) is 26.3 Å². The molecule has 0 amide bonds. The highest BCUT2D eigenvalue weighted by molar-refractivity contribution is 6.32. The topological polar surface area (TPSA) is 73.0 Å². The van der Waals surface area contributed by atoms with Gasteiger partial charge < -0.3 is 9.47 Å². The van der Waals surface area contributed by atoms with Crippen LogP contribution in [0.5, 0.6) is 0 Å². The molecule has 1 heterocycles. The zero-order valence-corrected chi connectivity index (χ0v) is 14.6. The molecule has 0 N–H and O–H groups in total. The van der Waals surface area contributed by atoms with Crippen LogP contribution in [0.2, 0.25) is 0 Å². The fourth-order valence-electron chi connectivity index (χ4n) is 3.75. The molecule has 1 saturated heterocycles. The summed E-state index contributed by atoms with van der Waals surface area (Å²) in [4.78, 5) is 39.2. The summed E-state index contributed by atoms with van der Waals surface area (Å²) in [6.45, 7) is 3.77. The van der Waals surface area contributed by atoms with Gasteiger partial charge in [-0.25, -0.2) is 4.79 Å². The fraction of sp³-hybridized carbons (Fsp3) is 0.286. The molecule has 2 aromatic rings. The van der Waals surface area contributed by atoms with E-state index in [-0.39, 0.29) is 23.5 Å². The van der Waals surface area contributed by atoms with Gasteiger partial charge in [0, 0.05) is 11.1 Å². The van der Waals surface area contributed by atoms with Crippen LogP contribution >= 0.6 is 0 Å². The lowest BCUT2D eigenvalue weighted by Crippen LogP contribution is -2.49. The van der Waals surface area contributed by atoms with Crippen LogP contribution < -0.4 is 0 Å². The summed E-state index contributed by atoms with van der Waals surface area (Å²) in [5.74, 6) is -1.72. The number of esters is 1. The van der Waals surface area contributed by atoms with E-state index in [1.165, 1.54) is 0 Å². The van der Waals surface area contributed by atoms with E-state index in [0.29, 0.717) is 5.56 Å². The first-order valence-corrected chi connectivity index (χ1v) is 8.68. The Morgan fingerprint density at radius 2 is 1.58 bits per heavy atom. The van der Waals surface area contributed by atoms with Crippen LogP contribution in [0, 0.1) is 0 Å². The predicted molar refractivity (Wildman–Crippen MR) is 93.1 cm³/mol. The van der Waals surface area contributed by atoms with Crippen LogP contribution in [0.1, 0.15) is 45.7 Å². The van der Waals surface area contributed by atoms with E-state index in [9.17, 15) is 14.4 Å². The van der Waals surface area contributed by atoms with Gasteiger partial charge in [0.1, 0.15) is 0 Å². The Kier molecular flexibility index (Phi) is 3.59. The normalized spacial score (nSPS) is 26.1. The highest BCUT2D eigenvalue weighted by Gasteiger charge is 2.86. The lowest BCUT2D eigenvalue weighted by Gasteiger charge is -2.24. The molecule has 0 unspecified atom stereocenters. The molecular formula is C21H18O5. The molecule has 0 aromatic heterocycles. The Hall–Kier alpha value is -2.79. The molecular weight excluding hydrogens is 332 g/mol. The van der Waals surface area contributed by atoms with Gasteiger partial charge in [0.2, 0.25) is 17.2 Å². The summed E-state index contributed by atoms with van der Waals surface area (Å²) in [5, 5.41) is 0. The maximum absolute atomic E-state index is 13.3. The van der Waals surface area contributed by atoms with Crippen LogP contribution in [-0.4, -0.2) is 29.7 Å². The molecule has 2 aromatic carbocycles. The average molecular weight is 350 g/mol. The lowest BCUT2D eigenvalue weighted by atomic mass is 9.71. The Morgan fingerprint density at radius 3 is 2.15 bits per heavy atom. The zero-order valence-electron chi connectivity index (χ0n) is 14.6. The molecule has 0 saturated carbocycles. The number of Topliss-reactive ketones (excluding diaryl/α,β-unsaturated/α-hetero) is 2. The Morgan fingerprint density at radius 1 is 0.962 bits per heavy atom. The molecule has 1 aliphatic heterocycles. The summed E-state index contributed by atoms with van der Waals surface area (Å²) in [6, 6.07) is 13.7. The van der Waals surface area contributed by atoms with E-state index in [0.717, 1.165) is 12.0 Å². The minimum atomic E-state index is -1.93. The largest absolute Gasteiger partial charge is 0.463 e. The standard InChI is InChI=1S/C21H18O5/c1-3-13-9-11-14(12-10-13)20-17(22)15-7-5-6-8-16(15)18(23)21(20,26-20)19(24)25-4-2/h5-12H,3-4H2,1-2H3/t20-,21+/m1/s1. The third-order valence-corrected chi connectivity index (χ3v) is 5.15.